The van der Waals surface area contributed by atoms with Gasteiger partial charge in [-0.2, -0.15) is 0 Å². The summed E-state index contributed by atoms with van der Waals surface area (Å²) in [6.45, 7) is 1.39. The smallest absolute Gasteiger partial charge is 0.174 e. The van der Waals surface area contributed by atoms with E-state index >= 15 is 0 Å². The second-order valence-electron chi connectivity index (χ2n) is 4.51. The molecular weight excluding hydrogens is 256 g/mol. The minimum atomic E-state index is -0.265. The number of Topliss-reactive ketones (excluding diaryl/α,β-unsaturated/α-hetero) is 2. The summed E-state index contributed by atoms with van der Waals surface area (Å²) in [4.78, 5) is 23.3. The van der Waals surface area contributed by atoms with Crippen LogP contribution in [0.1, 0.15) is 23.7 Å². The number of methoxy groups -OCH3 is 2. The third kappa shape index (κ3) is 2.50. The van der Waals surface area contributed by atoms with Gasteiger partial charge in [-0.3, -0.25) is 9.59 Å². The normalized spacial score (nSPS) is 10.3. The lowest BCUT2D eigenvalue weighted by Gasteiger charge is -2.14. The van der Waals surface area contributed by atoms with Crippen LogP contribution in [0.3, 0.4) is 0 Å². The van der Waals surface area contributed by atoms with Crippen LogP contribution in [0, 0.1) is 0 Å². The molecule has 0 unspecified atom stereocenters. The first-order chi connectivity index (χ1) is 9.58. The summed E-state index contributed by atoms with van der Waals surface area (Å²) in [5.41, 5.74) is 0.373. The van der Waals surface area contributed by atoms with E-state index in [1.807, 2.05) is 24.3 Å². The maximum atomic E-state index is 12.2. The lowest BCUT2D eigenvalue weighted by molar-refractivity contribution is -0.116. The molecule has 0 heterocycles. The monoisotopic (exact) mass is 272 g/mol. The third-order valence-corrected chi connectivity index (χ3v) is 3.07. The number of ether oxygens (including phenoxy) is 2. The molecule has 0 atom stereocenters. The first-order valence-corrected chi connectivity index (χ1v) is 6.24. The minimum absolute atomic E-state index is 0.141. The molecule has 0 aliphatic rings. The Labute approximate surface area is 117 Å². The quantitative estimate of drug-likeness (QED) is 0.620. The second-order valence-corrected chi connectivity index (χ2v) is 4.51. The largest absolute Gasteiger partial charge is 0.492 e. The van der Waals surface area contributed by atoms with Gasteiger partial charge >= 0.3 is 0 Å². The zero-order valence-electron chi connectivity index (χ0n) is 11.7. The van der Waals surface area contributed by atoms with Crippen molar-refractivity contribution in [3.63, 3.8) is 0 Å². The Bertz CT molecular complexity index is 673. The Kier molecular flexibility index (Phi) is 4.03. The van der Waals surface area contributed by atoms with Crippen LogP contribution in [0.25, 0.3) is 10.8 Å². The number of rotatable bonds is 5. The van der Waals surface area contributed by atoms with Crippen LogP contribution in [0.15, 0.2) is 30.3 Å². The van der Waals surface area contributed by atoms with Gasteiger partial charge in [0.05, 0.1) is 26.2 Å². The Morgan fingerprint density at radius 1 is 1.05 bits per heavy atom. The summed E-state index contributed by atoms with van der Waals surface area (Å²) in [6.07, 6.45) is -0.141. The average Bonchev–Trinajstić information content (AvgIpc) is 2.44. The van der Waals surface area contributed by atoms with Crippen LogP contribution < -0.4 is 9.47 Å². The number of benzene rings is 2. The molecule has 2 aromatic rings. The molecule has 104 valence electrons. The lowest BCUT2D eigenvalue weighted by atomic mass is 9.99. The minimum Gasteiger partial charge on any atom is -0.492 e. The van der Waals surface area contributed by atoms with Crippen molar-refractivity contribution in [2.45, 2.75) is 13.3 Å². The van der Waals surface area contributed by atoms with E-state index in [0.717, 1.165) is 10.8 Å². The lowest BCUT2D eigenvalue weighted by Crippen LogP contribution is -2.08. The van der Waals surface area contributed by atoms with E-state index in [-0.39, 0.29) is 18.0 Å². The predicted octanol–water partition coefficient (Wildman–Crippen LogP) is 3.02. The van der Waals surface area contributed by atoms with Gasteiger partial charge in [0.15, 0.2) is 17.3 Å². The molecule has 0 radical (unpaired) electrons. The second kappa shape index (κ2) is 5.74. The molecule has 0 aromatic heterocycles. The summed E-state index contributed by atoms with van der Waals surface area (Å²) in [5, 5.41) is 1.74. The van der Waals surface area contributed by atoms with Gasteiger partial charge in [-0.15, -0.1) is 0 Å². The number of carbonyl (C=O) groups excluding carboxylic acids is 2. The number of hydrogen-bond donors (Lipinski definition) is 0. The number of fused-ring (bicyclic) bond motifs is 1. The Morgan fingerprint density at radius 3 is 2.30 bits per heavy atom. The highest BCUT2D eigenvalue weighted by molar-refractivity contribution is 6.12. The van der Waals surface area contributed by atoms with Crippen molar-refractivity contribution in [1.29, 1.82) is 0 Å². The molecular formula is C16H16O4. The molecule has 0 spiro atoms. The van der Waals surface area contributed by atoms with Crippen LogP contribution in [0.4, 0.5) is 0 Å². The fourth-order valence-electron chi connectivity index (χ4n) is 2.23. The molecule has 2 aromatic carbocycles. The van der Waals surface area contributed by atoms with Crippen molar-refractivity contribution >= 4 is 22.3 Å². The van der Waals surface area contributed by atoms with Gasteiger partial charge < -0.3 is 9.47 Å². The van der Waals surface area contributed by atoms with Gasteiger partial charge in [-0.05, 0) is 18.4 Å². The van der Waals surface area contributed by atoms with Crippen molar-refractivity contribution in [1.82, 2.24) is 0 Å². The van der Waals surface area contributed by atoms with Crippen molar-refractivity contribution in [2.75, 3.05) is 14.2 Å². The van der Waals surface area contributed by atoms with E-state index in [9.17, 15) is 9.59 Å². The average molecular weight is 272 g/mol. The fourth-order valence-corrected chi connectivity index (χ4v) is 2.23. The fraction of sp³-hybridized carbons (Fsp3) is 0.250. The van der Waals surface area contributed by atoms with Crippen molar-refractivity contribution < 1.29 is 19.1 Å². The summed E-state index contributed by atoms with van der Waals surface area (Å²) in [7, 11) is 3.01. The molecule has 4 nitrogen and oxygen atoms in total. The van der Waals surface area contributed by atoms with Crippen LogP contribution in [0.2, 0.25) is 0 Å². The molecule has 0 aliphatic carbocycles. The SMILES string of the molecule is COc1c(C(=O)CC(C)=O)cc2ccccc2c1OC. The number of hydrogen-bond acceptors (Lipinski definition) is 4. The maximum absolute atomic E-state index is 12.2. The van der Waals surface area contributed by atoms with Gasteiger partial charge in [0, 0.05) is 5.39 Å². The number of ketones is 2. The van der Waals surface area contributed by atoms with Gasteiger partial charge in [-0.25, -0.2) is 0 Å². The first-order valence-electron chi connectivity index (χ1n) is 6.24. The van der Waals surface area contributed by atoms with Gasteiger partial charge in [0.1, 0.15) is 5.78 Å². The van der Waals surface area contributed by atoms with E-state index < -0.39 is 0 Å². The van der Waals surface area contributed by atoms with E-state index in [0.29, 0.717) is 17.1 Å². The van der Waals surface area contributed by atoms with Crippen LogP contribution in [0.5, 0.6) is 11.5 Å². The van der Waals surface area contributed by atoms with Gasteiger partial charge in [-0.1, -0.05) is 24.3 Å². The van der Waals surface area contributed by atoms with Gasteiger partial charge in [0.2, 0.25) is 0 Å². The summed E-state index contributed by atoms with van der Waals surface area (Å²) >= 11 is 0. The maximum Gasteiger partial charge on any atom is 0.174 e. The Balaban J connectivity index is 2.70. The molecule has 0 bridgehead atoms. The molecule has 4 heteroatoms. The molecule has 0 N–H and O–H groups in total. The Hall–Kier alpha value is -2.36. The molecule has 0 fully saturated rings. The van der Waals surface area contributed by atoms with Crippen LogP contribution in [-0.4, -0.2) is 25.8 Å². The molecule has 0 amide bonds. The van der Waals surface area contributed by atoms with Crippen molar-refractivity contribution in [3.05, 3.63) is 35.9 Å². The van der Waals surface area contributed by atoms with E-state index in [1.165, 1.54) is 21.1 Å². The zero-order chi connectivity index (χ0) is 14.7. The first kappa shape index (κ1) is 14.1. The van der Waals surface area contributed by atoms with E-state index in [1.54, 1.807) is 6.07 Å². The highest BCUT2D eigenvalue weighted by Gasteiger charge is 2.20. The van der Waals surface area contributed by atoms with Crippen LogP contribution in [-0.2, 0) is 4.79 Å². The van der Waals surface area contributed by atoms with E-state index in [4.69, 9.17) is 9.47 Å². The topological polar surface area (TPSA) is 52.6 Å². The molecule has 2 rings (SSSR count). The van der Waals surface area contributed by atoms with Crippen molar-refractivity contribution in [2.24, 2.45) is 0 Å². The zero-order valence-corrected chi connectivity index (χ0v) is 11.7. The van der Waals surface area contributed by atoms with E-state index in [2.05, 4.69) is 0 Å². The highest BCUT2D eigenvalue weighted by Crippen LogP contribution is 2.39. The Morgan fingerprint density at radius 2 is 1.70 bits per heavy atom. The molecule has 0 saturated heterocycles. The highest BCUT2D eigenvalue weighted by atomic mass is 16.5. The molecule has 0 saturated carbocycles. The molecule has 0 aliphatic heterocycles. The summed E-state index contributed by atoms with van der Waals surface area (Å²) in [5.74, 6) is 0.442. The number of carbonyl (C=O) groups is 2. The summed E-state index contributed by atoms with van der Waals surface area (Å²) < 4.78 is 10.7. The van der Waals surface area contributed by atoms with Gasteiger partial charge in [0.25, 0.3) is 0 Å². The van der Waals surface area contributed by atoms with Crippen LogP contribution >= 0.6 is 0 Å². The third-order valence-electron chi connectivity index (χ3n) is 3.07. The summed E-state index contributed by atoms with van der Waals surface area (Å²) in [6, 6.07) is 9.30. The predicted molar refractivity (Wildman–Crippen MR) is 76.7 cm³/mol. The molecule has 20 heavy (non-hydrogen) atoms. The standard InChI is InChI=1S/C16H16O4/c1-10(17)8-14(18)13-9-11-6-4-5-7-12(11)15(19-2)16(13)20-3/h4-7,9H,8H2,1-3H3. The van der Waals surface area contributed by atoms with Crippen molar-refractivity contribution in [3.8, 4) is 11.5 Å².